The van der Waals surface area contributed by atoms with Crippen LogP contribution in [0.2, 0.25) is 0 Å². The molecule has 0 bridgehead atoms. The fourth-order valence-corrected chi connectivity index (χ4v) is 4.21. The van der Waals surface area contributed by atoms with Crippen LogP contribution >= 0.6 is 0 Å². The van der Waals surface area contributed by atoms with Crippen molar-refractivity contribution >= 4 is 17.5 Å². The van der Waals surface area contributed by atoms with Crippen molar-refractivity contribution in [3.05, 3.63) is 96.8 Å². The zero-order chi connectivity index (χ0) is 24.2. The van der Waals surface area contributed by atoms with E-state index in [1.165, 1.54) is 4.90 Å². The van der Waals surface area contributed by atoms with Crippen LogP contribution < -0.4 is 20.2 Å². The number of para-hydroxylation sites is 1. The van der Waals surface area contributed by atoms with Gasteiger partial charge in [-0.05, 0) is 60.5 Å². The summed E-state index contributed by atoms with van der Waals surface area (Å²) in [6.07, 6.45) is 4.05. The summed E-state index contributed by atoms with van der Waals surface area (Å²) in [7, 11) is 1.63. The average molecular weight is 471 g/mol. The summed E-state index contributed by atoms with van der Waals surface area (Å²) in [6, 6.07) is 24.0. The molecule has 0 aromatic heterocycles. The van der Waals surface area contributed by atoms with Gasteiger partial charge in [0.05, 0.1) is 13.2 Å². The highest BCUT2D eigenvalue weighted by molar-refractivity contribution is 5.96. The van der Waals surface area contributed by atoms with Crippen molar-refractivity contribution in [3.8, 4) is 17.2 Å². The van der Waals surface area contributed by atoms with E-state index in [0.717, 1.165) is 17.1 Å². The maximum absolute atomic E-state index is 13.1. The standard InChI is InChI=1S/C27H26N4O4/c1-34-21-11-7-19(8-12-21)24-17-25-27(33)30(15-16-31(25)29-24)18-26(32)28-20-9-13-23(14-10-20)35-22-5-3-2-4-6-22/h2-16,24-25,29H,17-18H2,1H3,(H,28,32). The Morgan fingerprint density at radius 2 is 1.63 bits per heavy atom. The van der Waals surface area contributed by atoms with Gasteiger partial charge in [-0.25, -0.2) is 5.43 Å². The van der Waals surface area contributed by atoms with Crippen molar-refractivity contribution in [2.24, 2.45) is 0 Å². The van der Waals surface area contributed by atoms with E-state index in [1.54, 1.807) is 43.8 Å². The molecule has 1 saturated heterocycles. The van der Waals surface area contributed by atoms with Crippen LogP contribution in [0.15, 0.2) is 91.3 Å². The molecule has 0 spiro atoms. The molecule has 8 heteroatoms. The number of carbonyl (C=O) groups excluding carboxylic acids is 2. The summed E-state index contributed by atoms with van der Waals surface area (Å²) >= 11 is 0. The van der Waals surface area contributed by atoms with E-state index in [4.69, 9.17) is 9.47 Å². The summed E-state index contributed by atoms with van der Waals surface area (Å²) in [6.45, 7) is -0.0604. The lowest BCUT2D eigenvalue weighted by atomic mass is 10.0. The van der Waals surface area contributed by atoms with Gasteiger partial charge < -0.3 is 24.7 Å². The number of methoxy groups -OCH3 is 1. The zero-order valence-electron chi connectivity index (χ0n) is 19.3. The Morgan fingerprint density at radius 1 is 0.943 bits per heavy atom. The lowest BCUT2D eigenvalue weighted by Crippen LogP contribution is -2.49. The minimum Gasteiger partial charge on any atom is -0.497 e. The Hall–Kier alpha value is -4.30. The van der Waals surface area contributed by atoms with E-state index in [1.807, 2.05) is 59.6 Å². The number of hydrogen-bond donors (Lipinski definition) is 2. The first kappa shape index (κ1) is 22.5. The van der Waals surface area contributed by atoms with E-state index in [2.05, 4.69) is 10.7 Å². The highest BCUT2D eigenvalue weighted by Gasteiger charge is 2.40. The number of hydrazine groups is 1. The van der Waals surface area contributed by atoms with Crippen LogP contribution in [0.5, 0.6) is 17.2 Å². The number of rotatable bonds is 7. The minimum atomic E-state index is -0.366. The summed E-state index contributed by atoms with van der Waals surface area (Å²) in [5, 5.41) is 4.66. The molecule has 2 aliphatic rings. The van der Waals surface area contributed by atoms with Gasteiger partial charge in [-0.2, -0.15) is 0 Å². The average Bonchev–Trinajstić information content (AvgIpc) is 3.33. The Bertz CT molecular complexity index is 1210. The molecule has 2 N–H and O–H groups in total. The summed E-state index contributed by atoms with van der Waals surface area (Å²) in [4.78, 5) is 27.2. The van der Waals surface area contributed by atoms with E-state index in [0.29, 0.717) is 17.9 Å². The van der Waals surface area contributed by atoms with E-state index in [9.17, 15) is 9.59 Å². The van der Waals surface area contributed by atoms with Crippen molar-refractivity contribution in [2.45, 2.75) is 18.5 Å². The van der Waals surface area contributed by atoms with Crippen molar-refractivity contribution < 1.29 is 19.1 Å². The van der Waals surface area contributed by atoms with Crippen molar-refractivity contribution in [3.63, 3.8) is 0 Å². The number of hydrogen-bond acceptors (Lipinski definition) is 6. The number of amides is 2. The molecule has 2 atom stereocenters. The molecule has 2 amide bonds. The SMILES string of the molecule is COc1ccc(C2CC3C(=O)N(CC(=O)Nc4ccc(Oc5ccccc5)cc4)C=CN3N2)cc1. The van der Waals surface area contributed by atoms with Gasteiger partial charge in [-0.15, -0.1) is 0 Å². The summed E-state index contributed by atoms with van der Waals surface area (Å²) < 4.78 is 11.0. The maximum Gasteiger partial charge on any atom is 0.251 e. The molecule has 0 saturated carbocycles. The molecule has 35 heavy (non-hydrogen) atoms. The molecule has 2 unspecified atom stereocenters. The third-order valence-electron chi connectivity index (χ3n) is 6.02. The smallest absolute Gasteiger partial charge is 0.251 e. The Labute approximate surface area is 203 Å². The monoisotopic (exact) mass is 470 g/mol. The van der Waals surface area contributed by atoms with Gasteiger partial charge >= 0.3 is 0 Å². The molecule has 1 fully saturated rings. The lowest BCUT2D eigenvalue weighted by molar-refractivity contribution is -0.137. The molecule has 3 aromatic rings. The number of nitrogens with one attached hydrogen (secondary N) is 2. The van der Waals surface area contributed by atoms with Crippen LogP contribution in [0.3, 0.4) is 0 Å². The van der Waals surface area contributed by atoms with Gasteiger partial charge in [-0.3, -0.25) is 9.59 Å². The van der Waals surface area contributed by atoms with E-state index >= 15 is 0 Å². The summed E-state index contributed by atoms with van der Waals surface area (Å²) in [5.74, 6) is 1.81. The van der Waals surface area contributed by atoms with Gasteiger partial charge in [0, 0.05) is 18.1 Å². The number of anilines is 1. The number of nitrogens with zero attached hydrogens (tertiary/aromatic N) is 2. The van der Waals surface area contributed by atoms with Crippen LogP contribution in [0, 0.1) is 0 Å². The minimum absolute atomic E-state index is 0.00454. The second-order valence-electron chi connectivity index (χ2n) is 8.37. The van der Waals surface area contributed by atoms with E-state index < -0.39 is 0 Å². The molecular weight excluding hydrogens is 444 g/mol. The molecular formula is C27H26N4O4. The van der Waals surface area contributed by atoms with Gasteiger partial charge in [0.2, 0.25) is 5.91 Å². The van der Waals surface area contributed by atoms with E-state index in [-0.39, 0.29) is 30.4 Å². The highest BCUT2D eigenvalue weighted by Crippen LogP contribution is 2.31. The molecule has 3 aromatic carbocycles. The van der Waals surface area contributed by atoms with Crippen molar-refractivity contribution in [1.82, 2.24) is 15.3 Å². The van der Waals surface area contributed by atoms with Crippen molar-refractivity contribution in [2.75, 3.05) is 19.0 Å². The molecule has 5 rings (SSSR count). The maximum atomic E-state index is 13.1. The lowest BCUT2D eigenvalue weighted by Gasteiger charge is -2.31. The first-order valence-corrected chi connectivity index (χ1v) is 11.4. The third-order valence-corrected chi connectivity index (χ3v) is 6.02. The highest BCUT2D eigenvalue weighted by atomic mass is 16.5. The Balaban J connectivity index is 1.15. The van der Waals surface area contributed by atoms with Crippen LogP contribution in [0.25, 0.3) is 0 Å². The zero-order valence-corrected chi connectivity index (χ0v) is 19.3. The number of fused-ring (bicyclic) bond motifs is 1. The van der Waals surface area contributed by atoms with Crippen LogP contribution in [-0.2, 0) is 9.59 Å². The number of carbonyl (C=O) groups is 2. The van der Waals surface area contributed by atoms with Gasteiger partial charge in [0.15, 0.2) is 0 Å². The third kappa shape index (κ3) is 5.12. The van der Waals surface area contributed by atoms with Gasteiger partial charge in [0.1, 0.15) is 29.8 Å². The number of ether oxygens (including phenoxy) is 2. The molecule has 178 valence electrons. The molecule has 2 heterocycles. The van der Waals surface area contributed by atoms with Crippen LogP contribution in [0.1, 0.15) is 18.0 Å². The fraction of sp³-hybridized carbons (Fsp3) is 0.185. The van der Waals surface area contributed by atoms with Crippen molar-refractivity contribution in [1.29, 1.82) is 0 Å². The Kier molecular flexibility index (Phi) is 6.36. The van der Waals surface area contributed by atoms with Gasteiger partial charge in [0.25, 0.3) is 5.91 Å². The largest absolute Gasteiger partial charge is 0.497 e. The summed E-state index contributed by atoms with van der Waals surface area (Å²) in [5.41, 5.74) is 5.07. The molecule has 0 aliphatic carbocycles. The predicted octanol–water partition coefficient (Wildman–Crippen LogP) is 4.06. The van der Waals surface area contributed by atoms with Crippen LogP contribution in [0.4, 0.5) is 5.69 Å². The fourth-order valence-electron chi connectivity index (χ4n) is 4.21. The predicted molar refractivity (Wildman–Crippen MR) is 132 cm³/mol. The normalized spacial score (nSPS) is 18.8. The quantitative estimate of drug-likeness (QED) is 0.542. The number of benzene rings is 3. The second kappa shape index (κ2) is 9.90. The molecule has 0 radical (unpaired) electrons. The molecule has 8 nitrogen and oxygen atoms in total. The van der Waals surface area contributed by atoms with Crippen LogP contribution in [-0.4, -0.2) is 41.4 Å². The first-order valence-electron chi connectivity index (χ1n) is 11.4. The topological polar surface area (TPSA) is 83.1 Å². The second-order valence-corrected chi connectivity index (χ2v) is 8.37. The Morgan fingerprint density at radius 3 is 2.34 bits per heavy atom. The van der Waals surface area contributed by atoms with Gasteiger partial charge in [-0.1, -0.05) is 30.3 Å². The molecule has 2 aliphatic heterocycles. The first-order chi connectivity index (χ1) is 17.1.